The first-order chi connectivity index (χ1) is 8.74. The molecule has 0 radical (unpaired) electrons. The summed E-state index contributed by atoms with van der Waals surface area (Å²) in [4.78, 5) is 4.47. The van der Waals surface area contributed by atoms with Crippen molar-refractivity contribution in [2.75, 3.05) is 19.0 Å². The maximum absolute atomic E-state index is 5.83. The average molecular weight is 270 g/mol. The first-order valence-electron chi connectivity index (χ1n) is 6.57. The minimum atomic E-state index is -0.0477. The molecule has 1 aromatic rings. The molecular formula is C12H22N4OS. The second-order valence-electron chi connectivity index (χ2n) is 4.87. The van der Waals surface area contributed by atoms with Gasteiger partial charge in [0.2, 0.25) is 5.13 Å². The van der Waals surface area contributed by atoms with Gasteiger partial charge in [-0.3, -0.25) is 0 Å². The van der Waals surface area contributed by atoms with Gasteiger partial charge in [-0.2, -0.15) is 4.37 Å². The fourth-order valence-corrected chi connectivity index (χ4v) is 3.11. The minimum Gasteiger partial charge on any atom is -0.374 e. The van der Waals surface area contributed by atoms with Crippen molar-refractivity contribution in [2.45, 2.75) is 44.8 Å². The van der Waals surface area contributed by atoms with Crippen molar-refractivity contribution in [1.82, 2.24) is 9.36 Å². The molecule has 0 aliphatic heterocycles. The molecule has 0 amide bonds. The number of rotatable bonds is 5. The molecule has 0 bridgehead atoms. The number of methoxy groups -OCH3 is 1. The van der Waals surface area contributed by atoms with Gasteiger partial charge in [-0.15, -0.1) is 0 Å². The van der Waals surface area contributed by atoms with Gasteiger partial charge in [-0.1, -0.05) is 12.8 Å². The Morgan fingerprint density at radius 2 is 2.28 bits per heavy atom. The van der Waals surface area contributed by atoms with Crippen LogP contribution >= 0.6 is 11.5 Å². The summed E-state index contributed by atoms with van der Waals surface area (Å²) in [5.41, 5.74) is 5.83. The van der Waals surface area contributed by atoms with Crippen LogP contribution in [0.5, 0.6) is 0 Å². The van der Waals surface area contributed by atoms with Gasteiger partial charge >= 0.3 is 0 Å². The Balaban J connectivity index is 1.97. The Labute approximate surface area is 112 Å². The van der Waals surface area contributed by atoms with Crippen LogP contribution in [0.4, 0.5) is 5.13 Å². The van der Waals surface area contributed by atoms with Gasteiger partial charge in [-0.05, 0) is 32.2 Å². The molecule has 18 heavy (non-hydrogen) atoms. The summed E-state index contributed by atoms with van der Waals surface area (Å²) >= 11 is 1.41. The van der Waals surface area contributed by atoms with E-state index in [9.17, 15) is 0 Å². The van der Waals surface area contributed by atoms with Crippen LogP contribution in [0.3, 0.4) is 0 Å². The molecule has 3 atom stereocenters. The molecule has 1 heterocycles. The molecule has 0 saturated heterocycles. The highest BCUT2D eigenvalue weighted by molar-refractivity contribution is 7.09. The summed E-state index contributed by atoms with van der Waals surface area (Å²) in [7, 11) is 1.67. The number of nitrogens with zero attached hydrogens (tertiary/aromatic N) is 2. The molecule has 0 spiro atoms. The van der Waals surface area contributed by atoms with Crippen molar-refractivity contribution in [3.05, 3.63) is 5.82 Å². The number of nitrogens with two attached hydrogens (primary N) is 1. The van der Waals surface area contributed by atoms with E-state index in [1.807, 2.05) is 6.92 Å². The molecule has 1 saturated carbocycles. The number of ether oxygens (including phenoxy) is 1. The summed E-state index contributed by atoms with van der Waals surface area (Å²) in [6.45, 7) is 2.70. The molecule has 102 valence electrons. The van der Waals surface area contributed by atoms with Crippen molar-refractivity contribution < 1.29 is 4.74 Å². The van der Waals surface area contributed by atoms with Gasteiger partial charge in [0.05, 0.1) is 0 Å². The van der Waals surface area contributed by atoms with Crippen LogP contribution < -0.4 is 11.1 Å². The van der Waals surface area contributed by atoms with Crippen LogP contribution in [-0.2, 0) is 4.74 Å². The Morgan fingerprint density at radius 1 is 1.50 bits per heavy atom. The summed E-state index contributed by atoms with van der Waals surface area (Å²) in [5, 5.41) is 4.38. The quantitative estimate of drug-likeness (QED) is 0.858. The standard InChI is InChI=1S/C12H22N4OS/c1-8(17-2)11-15-12(18-16-11)14-10-6-4-3-5-9(10)7-13/h8-10H,3-7,13H2,1-2H3,(H,14,15,16). The molecule has 1 fully saturated rings. The van der Waals surface area contributed by atoms with Gasteiger partial charge in [-0.25, -0.2) is 4.98 Å². The average Bonchev–Trinajstić information content (AvgIpc) is 2.87. The van der Waals surface area contributed by atoms with Crippen molar-refractivity contribution in [3.8, 4) is 0 Å². The molecule has 3 unspecified atom stereocenters. The van der Waals surface area contributed by atoms with E-state index in [0.717, 1.165) is 17.5 Å². The largest absolute Gasteiger partial charge is 0.374 e. The van der Waals surface area contributed by atoms with Crippen LogP contribution in [0.1, 0.15) is 44.5 Å². The molecular weight excluding hydrogens is 248 g/mol. The fourth-order valence-electron chi connectivity index (χ4n) is 2.40. The molecule has 3 N–H and O–H groups in total. The number of aromatic nitrogens is 2. The van der Waals surface area contributed by atoms with E-state index in [4.69, 9.17) is 10.5 Å². The van der Waals surface area contributed by atoms with E-state index in [1.165, 1.54) is 37.2 Å². The lowest BCUT2D eigenvalue weighted by molar-refractivity contribution is 0.113. The third-order valence-electron chi connectivity index (χ3n) is 3.68. The van der Waals surface area contributed by atoms with Crippen LogP contribution in [0, 0.1) is 5.92 Å². The zero-order valence-corrected chi connectivity index (χ0v) is 11.9. The lowest BCUT2D eigenvalue weighted by atomic mass is 9.85. The lowest BCUT2D eigenvalue weighted by Crippen LogP contribution is -2.36. The van der Waals surface area contributed by atoms with Crippen molar-refractivity contribution in [1.29, 1.82) is 0 Å². The first-order valence-corrected chi connectivity index (χ1v) is 7.35. The number of nitrogens with one attached hydrogen (secondary N) is 1. The second-order valence-corrected chi connectivity index (χ2v) is 5.62. The topological polar surface area (TPSA) is 73.1 Å². The highest BCUT2D eigenvalue weighted by Crippen LogP contribution is 2.27. The van der Waals surface area contributed by atoms with Gasteiger partial charge in [0, 0.05) is 24.7 Å². The summed E-state index contributed by atoms with van der Waals surface area (Å²) < 4.78 is 9.53. The van der Waals surface area contributed by atoms with Crippen molar-refractivity contribution in [3.63, 3.8) is 0 Å². The second kappa shape index (κ2) is 6.45. The maximum Gasteiger partial charge on any atom is 0.202 e. The van der Waals surface area contributed by atoms with Crippen LogP contribution in [0.15, 0.2) is 0 Å². The third kappa shape index (κ3) is 3.18. The fraction of sp³-hybridized carbons (Fsp3) is 0.833. The Kier molecular flexibility index (Phi) is 4.91. The Bertz CT molecular complexity index is 371. The first kappa shape index (κ1) is 13.7. The zero-order chi connectivity index (χ0) is 13.0. The molecule has 6 heteroatoms. The zero-order valence-electron chi connectivity index (χ0n) is 11.1. The van der Waals surface area contributed by atoms with Gasteiger partial charge in [0.15, 0.2) is 5.82 Å². The van der Waals surface area contributed by atoms with Gasteiger partial charge < -0.3 is 15.8 Å². The molecule has 2 rings (SSSR count). The van der Waals surface area contributed by atoms with E-state index in [2.05, 4.69) is 14.7 Å². The molecule has 1 aliphatic rings. The molecule has 1 aliphatic carbocycles. The highest BCUT2D eigenvalue weighted by Gasteiger charge is 2.25. The predicted octanol–water partition coefficient (Wildman–Crippen LogP) is 2.17. The number of anilines is 1. The summed E-state index contributed by atoms with van der Waals surface area (Å²) in [6, 6.07) is 0.447. The predicted molar refractivity (Wildman–Crippen MR) is 73.8 cm³/mol. The summed E-state index contributed by atoms with van der Waals surface area (Å²) in [6.07, 6.45) is 4.91. The lowest BCUT2D eigenvalue weighted by Gasteiger charge is -2.30. The monoisotopic (exact) mass is 270 g/mol. The van der Waals surface area contributed by atoms with E-state index < -0.39 is 0 Å². The molecule has 0 aromatic carbocycles. The van der Waals surface area contributed by atoms with E-state index >= 15 is 0 Å². The Hall–Kier alpha value is -0.720. The number of hydrogen-bond acceptors (Lipinski definition) is 6. The van der Waals surface area contributed by atoms with E-state index in [-0.39, 0.29) is 6.10 Å². The SMILES string of the molecule is COC(C)c1nsc(NC2CCCCC2CN)n1. The van der Waals surface area contributed by atoms with Crippen LogP contribution in [0.25, 0.3) is 0 Å². The van der Waals surface area contributed by atoms with Crippen molar-refractivity contribution >= 4 is 16.7 Å². The Morgan fingerprint density at radius 3 is 3.00 bits per heavy atom. The van der Waals surface area contributed by atoms with E-state index in [0.29, 0.717) is 12.0 Å². The van der Waals surface area contributed by atoms with E-state index in [1.54, 1.807) is 7.11 Å². The van der Waals surface area contributed by atoms with Gasteiger partial charge in [0.1, 0.15) is 6.10 Å². The third-order valence-corrected chi connectivity index (χ3v) is 4.34. The van der Waals surface area contributed by atoms with Crippen LogP contribution in [0.2, 0.25) is 0 Å². The number of hydrogen-bond donors (Lipinski definition) is 2. The summed E-state index contributed by atoms with van der Waals surface area (Å²) in [5.74, 6) is 1.32. The van der Waals surface area contributed by atoms with Crippen LogP contribution in [-0.4, -0.2) is 29.1 Å². The van der Waals surface area contributed by atoms with Gasteiger partial charge in [0.25, 0.3) is 0 Å². The molecule has 1 aromatic heterocycles. The molecule has 5 nitrogen and oxygen atoms in total. The highest BCUT2D eigenvalue weighted by atomic mass is 32.1. The maximum atomic E-state index is 5.83. The smallest absolute Gasteiger partial charge is 0.202 e. The minimum absolute atomic E-state index is 0.0477. The van der Waals surface area contributed by atoms with Crippen molar-refractivity contribution in [2.24, 2.45) is 11.7 Å². The normalized spacial score (nSPS) is 25.9.